The predicted octanol–water partition coefficient (Wildman–Crippen LogP) is 5.51. The van der Waals surface area contributed by atoms with E-state index in [0.717, 1.165) is 90.6 Å². The molecule has 0 bridgehead atoms. The zero-order valence-electron chi connectivity index (χ0n) is 30.8. The normalized spacial score (nSPS) is 17.7. The van der Waals surface area contributed by atoms with E-state index in [0.29, 0.717) is 23.0 Å². The summed E-state index contributed by atoms with van der Waals surface area (Å²) in [6.45, 7) is 5.45. The van der Waals surface area contributed by atoms with E-state index in [2.05, 4.69) is 30.8 Å². The number of benzene rings is 2. The van der Waals surface area contributed by atoms with Gasteiger partial charge in [-0.25, -0.2) is 0 Å². The molecule has 4 aromatic rings. The first kappa shape index (κ1) is 37.3. The molecule has 2 aromatic carbocycles. The van der Waals surface area contributed by atoms with E-state index >= 15 is 0 Å². The fraction of sp³-hybridized carbons (Fsp3) is 0.405. The van der Waals surface area contributed by atoms with Crippen LogP contribution in [0, 0.1) is 13.8 Å². The molecule has 2 aliphatic carbocycles. The fourth-order valence-corrected chi connectivity index (χ4v) is 7.57. The van der Waals surface area contributed by atoms with Crippen LogP contribution in [-0.2, 0) is 17.9 Å². The number of rotatable bonds is 15. The van der Waals surface area contributed by atoms with Gasteiger partial charge in [0.05, 0.1) is 13.2 Å². The number of hydrogen-bond donors (Lipinski definition) is 6. The molecule has 0 spiro atoms. The summed E-state index contributed by atoms with van der Waals surface area (Å²) < 4.78 is 0. The number of pyridine rings is 2. The molecule has 3 heterocycles. The van der Waals surface area contributed by atoms with Gasteiger partial charge in [0.1, 0.15) is 17.4 Å². The van der Waals surface area contributed by atoms with E-state index < -0.39 is 18.6 Å². The minimum atomic E-state index is -1.13. The van der Waals surface area contributed by atoms with E-state index in [1.54, 1.807) is 12.3 Å². The maximum absolute atomic E-state index is 13.6. The van der Waals surface area contributed by atoms with Crippen LogP contribution in [0.15, 0.2) is 60.9 Å². The number of nitrogens with one attached hydrogen (secondary N) is 3. The number of aliphatic hydroxyl groups is 2. The molecule has 2 saturated carbocycles. The number of aliphatic carboxylic acids is 1. The SMILES string of the molecule is Cc1c(NC(=O)c2cc(C3CC3)c(CN[C@H](CO)C(=O)O)cn2)cccc1-c1cccc(NC(=O)c2cc(C3CC3)c(CN3CCC[C@H]3CO)cn2)c1C. The van der Waals surface area contributed by atoms with Crippen LogP contribution in [0.25, 0.3) is 11.1 Å². The number of aliphatic hydroxyl groups excluding tert-OH is 2. The molecule has 12 heteroatoms. The molecule has 2 amide bonds. The smallest absolute Gasteiger partial charge is 0.323 e. The van der Waals surface area contributed by atoms with Gasteiger partial charge in [-0.1, -0.05) is 24.3 Å². The molecule has 1 aliphatic heterocycles. The third kappa shape index (κ3) is 8.22. The van der Waals surface area contributed by atoms with Crippen LogP contribution in [-0.4, -0.2) is 79.8 Å². The number of likely N-dealkylation sites (tertiary alicyclic amines) is 1. The Balaban J connectivity index is 1.06. The van der Waals surface area contributed by atoms with Gasteiger partial charge in [-0.2, -0.15) is 0 Å². The van der Waals surface area contributed by atoms with Gasteiger partial charge in [-0.05, 0) is 140 Å². The minimum absolute atomic E-state index is 0.155. The van der Waals surface area contributed by atoms with Gasteiger partial charge < -0.3 is 26.0 Å². The van der Waals surface area contributed by atoms with Gasteiger partial charge in [-0.3, -0.25) is 34.6 Å². The lowest BCUT2D eigenvalue weighted by molar-refractivity contribution is -0.140. The Bertz CT molecular complexity index is 2060. The molecule has 2 atom stereocenters. The summed E-state index contributed by atoms with van der Waals surface area (Å²) >= 11 is 0. The Morgan fingerprint density at radius 2 is 1.33 bits per heavy atom. The number of amides is 2. The highest BCUT2D eigenvalue weighted by molar-refractivity contribution is 6.05. The summed E-state index contributed by atoms with van der Waals surface area (Å²) in [4.78, 5) is 49.9. The molecule has 2 aromatic heterocycles. The Morgan fingerprint density at radius 3 is 1.83 bits per heavy atom. The highest BCUT2D eigenvalue weighted by Crippen LogP contribution is 2.43. The molecule has 6 N–H and O–H groups in total. The average Bonchev–Trinajstić information content (AvgIpc) is 4.12. The topological polar surface area (TPSA) is 177 Å². The van der Waals surface area contributed by atoms with E-state index in [4.69, 9.17) is 0 Å². The average molecular weight is 733 g/mol. The molecular formula is C42H48N6O6. The standard InChI is InChI=1S/C42H48N6O6/c1-24-31(7-3-9-35(24)46-40(51)37-16-33(26-11-12-26)28(18-43-37)19-45-39(23-50)42(53)54)32-8-4-10-36(25(32)2)47-41(52)38-17-34(27-13-14-27)29(20-44-38)21-48-15-5-6-30(48)22-49/h3-4,7-10,16-18,20,26-27,30,39,45,49-50H,5-6,11-15,19,21-23H2,1-2H3,(H,46,51)(H,47,52)(H,53,54)/t30-,39+/m0/s1. The van der Waals surface area contributed by atoms with Crippen molar-refractivity contribution in [1.29, 1.82) is 0 Å². The molecule has 54 heavy (non-hydrogen) atoms. The molecule has 0 radical (unpaired) electrons. The van der Waals surface area contributed by atoms with Gasteiger partial charge in [0.2, 0.25) is 0 Å². The number of carbonyl (C=O) groups excluding carboxylic acids is 2. The molecule has 3 aliphatic rings. The Kier molecular flexibility index (Phi) is 11.2. The molecule has 282 valence electrons. The van der Waals surface area contributed by atoms with Gasteiger partial charge >= 0.3 is 5.97 Å². The summed E-state index contributed by atoms with van der Waals surface area (Å²) in [6.07, 6.45) is 9.69. The fourth-order valence-electron chi connectivity index (χ4n) is 7.57. The number of anilines is 2. The lowest BCUT2D eigenvalue weighted by atomic mass is 9.94. The zero-order chi connectivity index (χ0) is 37.9. The van der Waals surface area contributed by atoms with Crippen LogP contribution in [0.5, 0.6) is 0 Å². The largest absolute Gasteiger partial charge is 0.480 e. The van der Waals surface area contributed by atoms with Gasteiger partial charge in [0.25, 0.3) is 11.8 Å². The molecule has 7 rings (SSSR count). The molecule has 1 saturated heterocycles. The van der Waals surface area contributed by atoms with Crippen LogP contribution >= 0.6 is 0 Å². The van der Waals surface area contributed by atoms with Crippen molar-refractivity contribution in [2.45, 2.75) is 89.4 Å². The monoisotopic (exact) mass is 732 g/mol. The van der Waals surface area contributed by atoms with Crippen molar-refractivity contribution in [2.24, 2.45) is 0 Å². The van der Waals surface area contributed by atoms with Gasteiger partial charge in [-0.15, -0.1) is 0 Å². The lowest BCUT2D eigenvalue weighted by Crippen LogP contribution is -2.39. The van der Waals surface area contributed by atoms with Crippen LogP contribution < -0.4 is 16.0 Å². The number of nitrogens with zero attached hydrogens (tertiary/aromatic N) is 3. The highest BCUT2D eigenvalue weighted by Gasteiger charge is 2.31. The van der Waals surface area contributed by atoms with Crippen molar-refractivity contribution in [3.05, 3.63) is 106 Å². The number of aromatic nitrogens is 2. The van der Waals surface area contributed by atoms with E-state index in [1.165, 1.54) is 5.56 Å². The van der Waals surface area contributed by atoms with E-state index in [-0.39, 0.29) is 42.6 Å². The molecule has 0 unspecified atom stereocenters. The Morgan fingerprint density at radius 1 is 0.796 bits per heavy atom. The zero-order valence-corrected chi connectivity index (χ0v) is 30.8. The van der Waals surface area contributed by atoms with E-state index in [1.807, 2.05) is 62.5 Å². The predicted molar refractivity (Wildman–Crippen MR) is 206 cm³/mol. The van der Waals surface area contributed by atoms with Crippen LogP contribution in [0.2, 0.25) is 0 Å². The lowest BCUT2D eigenvalue weighted by Gasteiger charge is -2.24. The second-order valence-electron chi connectivity index (χ2n) is 14.9. The quantitative estimate of drug-likeness (QED) is 0.0914. The summed E-state index contributed by atoms with van der Waals surface area (Å²) in [5, 5.41) is 37.5. The first-order valence-corrected chi connectivity index (χ1v) is 18.9. The minimum Gasteiger partial charge on any atom is -0.480 e. The van der Waals surface area contributed by atoms with Crippen LogP contribution in [0.3, 0.4) is 0 Å². The maximum atomic E-state index is 13.6. The van der Waals surface area contributed by atoms with Gasteiger partial charge in [0, 0.05) is 42.9 Å². The summed E-state index contributed by atoms with van der Waals surface area (Å²) in [5.41, 5.74) is 9.59. The first-order chi connectivity index (χ1) is 26.1. The number of hydrogen-bond acceptors (Lipinski definition) is 9. The third-order valence-electron chi connectivity index (χ3n) is 11.1. The van der Waals surface area contributed by atoms with Crippen LogP contribution in [0.1, 0.15) is 105 Å². The van der Waals surface area contributed by atoms with Crippen molar-refractivity contribution >= 4 is 29.2 Å². The van der Waals surface area contributed by atoms with Crippen molar-refractivity contribution in [2.75, 3.05) is 30.4 Å². The van der Waals surface area contributed by atoms with Crippen molar-refractivity contribution in [1.82, 2.24) is 20.2 Å². The van der Waals surface area contributed by atoms with Gasteiger partial charge in [0.15, 0.2) is 0 Å². The first-order valence-electron chi connectivity index (χ1n) is 18.9. The number of carboxylic acids is 1. The summed E-state index contributed by atoms with van der Waals surface area (Å²) in [6, 6.07) is 14.3. The Hall–Kier alpha value is -5.01. The second-order valence-corrected chi connectivity index (χ2v) is 14.9. The molecule has 3 fully saturated rings. The number of carboxylic acid groups (broad SMARTS) is 1. The van der Waals surface area contributed by atoms with Crippen molar-refractivity contribution in [3.8, 4) is 11.1 Å². The van der Waals surface area contributed by atoms with Crippen molar-refractivity contribution in [3.63, 3.8) is 0 Å². The second kappa shape index (κ2) is 16.2. The molecule has 12 nitrogen and oxygen atoms in total. The highest BCUT2D eigenvalue weighted by atomic mass is 16.4. The maximum Gasteiger partial charge on any atom is 0.323 e. The summed E-state index contributed by atoms with van der Waals surface area (Å²) in [7, 11) is 0. The van der Waals surface area contributed by atoms with Crippen LogP contribution in [0.4, 0.5) is 11.4 Å². The summed E-state index contributed by atoms with van der Waals surface area (Å²) in [5.74, 6) is -1.04. The Labute approximate surface area is 315 Å². The molecular weight excluding hydrogens is 684 g/mol. The number of carbonyl (C=O) groups is 3. The van der Waals surface area contributed by atoms with Crippen molar-refractivity contribution < 1.29 is 29.7 Å². The third-order valence-corrected chi connectivity index (χ3v) is 11.1. The van der Waals surface area contributed by atoms with E-state index in [9.17, 15) is 29.7 Å².